The van der Waals surface area contributed by atoms with Crippen molar-refractivity contribution in [1.82, 2.24) is 10.1 Å². The maximum absolute atomic E-state index is 12.1. The van der Waals surface area contributed by atoms with Gasteiger partial charge in [0.1, 0.15) is 5.75 Å². The summed E-state index contributed by atoms with van der Waals surface area (Å²) >= 11 is 0. The van der Waals surface area contributed by atoms with E-state index in [9.17, 15) is 18.0 Å². The molecule has 10 heteroatoms. The molecule has 1 aromatic carbocycles. The molecule has 2 N–H and O–H groups in total. The van der Waals surface area contributed by atoms with E-state index in [0.29, 0.717) is 5.56 Å². The maximum atomic E-state index is 12.1. The van der Waals surface area contributed by atoms with Gasteiger partial charge in [-0.1, -0.05) is 5.16 Å². The number of nitrogens with zero attached hydrogens (tertiary/aromatic N) is 2. The van der Waals surface area contributed by atoms with E-state index >= 15 is 0 Å². The van der Waals surface area contributed by atoms with Crippen molar-refractivity contribution in [2.45, 2.75) is 18.8 Å². The molecule has 124 valence electrons. The normalized spacial score (nSPS) is 12.7. The Balaban J connectivity index is 2.09. The number of nitrogens with two attached hydrogens (primary N) is 1. The third-order valence-corrected chi connectivity index (χ3v) is 2.72. The van der Waals surface area contributed by atoms with Crippen molar-refractivity contribution in [2.75, 3.05) is 7.11 Å². The van der Waals surface area contributed by atoms with Crippen molar-refractivity contribution in [3.63, 3.8) is 0 Å². The molecule has 7 nitrogen and oxygen atoms in total. The number of hydrogen-bond donors (Lipinski definition) is 1. The first-order valence-electron chi connectivity index (χ1n) is 6.30. The molecule has 1 unspecified atom stereocenters. The highest BCUT2D eigenvalue weighted by atomic mass is 19.4. The molecule has 1 atom stereocenters. The summed E-state index contributed by atoms with van der Waals surface area (Å²) in [4.78, 5) is 15.1. The Bertz CT molecular complexity index is 670. The number of carbonyl (C=O) groups excluding carboxylic acids is 1. The van der Waals surface area contributed by atoms with Crippen molar-refractivity contribution in [3.8, 4) is 17.1 Å². The van der Waals surface area contributed by atoms with Gasteiger partial charge in [0.2, 0.25) is 11.7 Å². The summed E-state index contributed by atoms with van der Waals surface area (Å²) in [6.45, 7) is 0. The van der Waals surface area contributed by atoms with Crippen LogP contribution in [0.1, 0.15) is 18.4 Å². The van der Waals surface area contributed by atoms with Crippen LogP contribution in [0.2, 0.25) is 0 Å². The standard InChI is InChI=1S/C13H12F3N3O4/c1-21-10(20)6-9(17)12-18-11(19-23-12)7-2-4-8(5-3-7)22-13(14,15)16/h2-5,9H,6,17H2,1H3. The Labute approximate surface area is 128 Å². The second kappa shape index (κ2) is 6.65. The van der Waals surface area contributed by atoms with Gasteiger partial charge in [0, 0.05) is 5.56 Å². The molecule has 0 saturated carbocycles. The number of methoxy groups -OCH3 is 1. The zero-order valence-corrected chi connectivity index (χ0v) is 11.8. The molecule has 0 aliphatic carbocycles. The summed E-state index contributed by atoms with van der Waals surface area (Å²) in [6, 6.07) is 4.07. The molecule has 0 fully saturated rings. The van der Waals surface area contributed by atoms with Crippen LogP contribution in [0.3, 0.4) is 0 Å². The number of alkyl halides is 3. The maximum Gasteiger partial charge on any atom is 0.573 e. The van der Waals surface area contributed by atoms with E-state index in [1.807, 2.05) is 0 Å². The van der Waals surface area contributed by atoms with Crippen LogP contribution in [0.25, 0.3) is 11.4 Å². The van der Waals surface area contributed by atoms with Crippen molar-refractivity contribution >= 4 is 5.97 Å². The van der Waals surface area contributed by atoms with Gasteiger partial charge in [0.25, 0.3) is 0 Å². The lowest BCUT2D eigenvalue weighted by atomic mass is 10.2. The molecular formula is C13H12F3N3O4. The fourth-order valence-corrected chi connectivity index (χ4v) is 1.66. The molecule has 1 heterocycles. The molecule has 0 amide bonds. The van der Waals surface area contributed by atoms with Crippen LogP contribution in [-0.2, 0) is 9.53 Å². The van der Waals surface area contributed by atoms with Gasteiger partial charge in [0.05, 0.1) is 19.6 Å². The Morgan fingerprint density at radius 3 is 2.57 bits per heavy atom. The Kier molecular flexibility index (Phi) is 4.84. The van der Waals surface area contributed by atoms with Crippen molar-refractivity contribution in [2.24, 2.45) is 5.73 Å². The Morgan fingerprint density at radius 1 is 1.35 bits per heavy atom. The predicted molar refractivity (Wildman–Crippen MR) is 70.0 cm³/mol. The third kappa shape index (κ3) is 4.68. The zero-order valence-electron chi connectivity index (χ0n) is 11.8. The summed E-state index contributed by atoms with van der Waals surface area (Å²) in [5.74, 6) is -0.766. The Morgan fingerprint density at radius 2 is 2.00 bits per heavy atom. The predicted octanol–water partition coefficient (Wildman–Crippen LogP) is 2.20. The van der Waals surface area contributed by atoms with Crippen LogP contribution in [0.4, 0.5) is 13.2 Å². The van der Waals surface area contributed by atoms with Crippen LogP contribution in [0, 0.1) is 0 Å². The van der Waals surface area contributed by atoms with Crippen LogP contribution in [0.5, 0.6) is 5.75 Å². The van der Waals surface area contributed by atoms with E-state index < -0.39 is 18.4 Å². The molecular weight excluding hydrogens is 319 g/mol. The number of esters is 1. The third-order valence-electron chi connectivity index (χ3n) is 2.72. The monoisotopic (exact) mass is 331 g/mol. The number of carbonyl (C=O) groups is 1. The van der Waals surface area contributed by atoms with E-state index in [2.05, 4.69) is 19.6 Å². The van der Waals surface area contributed by atoms with Crippen LogP contribution in [0.15, 0.2) is 28.8 Å². The summed E-state index contributed by atoms with van der Waals surface area (Å²) in [5, 5.41) is 3.66. The number of benzene rings is 1. The number of aromatic nitrogens is 2. The van der Waals surface area contributed by atoms with Gasteiger partial charge in [-0.05, 0) is 24.3 Å². The molecule has 23 heavy (non-hydrogen) atoms. The number of ether oxygens (including phenoxy) is 2. The quantitative estimate of drug-likeness (QED) is 0.838. The molecule has 1 aromatic heterocycles. The van der Waals surface area contributed by atoms with Gasteiger partial charge >= 0.3 is 12.3 Å². The average molecular weight is 331 g/mol. The highest BCUT2D eigenvalue weighted by molar-refractivity contribution is 5.70. The summed E-state index contributed by atoms with van der Waals surface area (Å²) in [7, 11) is 1.22. The van der Waals surface area contributed by atoms with E-state index in [0.717, 1.165) is 12.1 Å². The first-order chi connectivity index (χ1) is 10.8. The lowest BCUT2D eigenvalue weighted by Crippen LogP contribution is -2.17. The SMILES string of the molecule is COC(=O)CC(N)c1nc(-c2ccc(OC(F)(F)F)cc2)no1. The van der Waals surface area contributed by atoms with Crippen molar-refractivity contribution in [3.05, 3.63) is 30.2 Å². The molecule has 2 rings (SSSR count). The minimum absolute atomic E-state index is 0.0148. The molecule has 0 bridgehead atoms. The number of hydrogen-bond acceptors (Lipinski definition) is 7. The molecule has 0 aliphatic rings. The first-order valence-corrected chi connectivity index (χ1v) is 6.30. The van der Waals surface area contributed by atoms with E-state index in [-0.39, 0.29) is 23.9 Å². The van der Waals surface area contributed by atoms with Gasteiger partial charge in [-0.25, -0.2) is 0 Å². The van der Waals surface area contributed by atoms with E-state index in [4.69, 9.17) is 10.3 Å². The second-order valence-corrected chi connectivity index (χ2v) is 4.42. The highest BCUT2D eigenvalue weighted by Gasteiger charge is 2.31. The first kappa shape index (κ1) is 16.7. The number of halogens is 3. The largest absolute Gasteiger partial charge is 0.573 e. The van der Waals surface area contributed by atoms with Gasteiger partial charge in [-0.2, -0.15) is 4.98 Å². The van der Waals surface area contributed by atoms with Gasteiger partial charge in [-0.15, -0.1) is 13.2 Å². The highest BCUT2D eigenvalue weighted by Crippen LogP contribution is 2.26. The average Bonchev–Trinajstić information content (AvgIpc) is 2.96. The number of rotatable bonds is 5. The Hall–Kier alpha value is -2.62. The fraction of sp³-hybridized carbons (Fsp3) is 0.308. The lowest BCUT2D eigenvalue weighted by molar-refractivity contribution is -0.274. The summed E-state index contributed by atoms with van der Waals surface area (Å²) in [5.41, 5.74) is 6.12. The lowest BCUT2D eigenvalue weighted by Gasteiger charge is -2.08. The molecule has 2 aromatic rings. The fourth-order valence-electron chi connectivity index (χ4n) is 1.66. The van der Waals surface area contributed by atoms with Gasteiger partial charge < -0.3 is 19.7 Å². The van der Waals surface area contributed by atoms with Crippen molar-refractivity contribution in [1.29, 1.82) is 0 Å². The minimum Gasteiger partial charge on any atom is -0.469 e. The smallest absolute Gasteiger partial charge is 0.469 e. The zero-order chi connectivity index (χ0) is 17.0. The molecule has 0 radical (unpaired) electrons. The summed E-state index contributed by atoms with van der Waals surface area (Å²) < 4.78 is 49.4. The van der Waals surface area contributed by atoms with Crippen LogP contribution in [-0.4, -0.2) is 29.6 Å². The molecule has 0 aliphatic heterocycles. The molecule has 0 spiro atoms. The van der Waals surface area contributed by atoms with Crippen LogP contribution < -0.4 is 10.5 Å². The topological polar surface area (TPSA) is 100 Å². The van der Waals surface area contributed by atoms with Gasteiger partial charge in [0.15, 0.2) is 0 Å². The minimum atomic E-state index is -4.76. The summed E-state index contributed by atoms with van der Waals surface area (Å²) in [6.07, 6.45) is -4.90. The van der Waals surface area contributed by atoms with E-state index in [1.54, 1.807) is 0 Å². The molecule has 0 saturated heterocycles. The second-order valence-electron chi connectivity index (χ2n) is 4.42. The van der Waals surface area contributed by atoms with Gasteiger partial charge in [-0.3, -0.25) is 4.79 Å². The van der Waals surface area contributed by atoms with Crippen molar-refractivity contribution < 1.29 is 32.0 Å². The van der Waals surface area contributed by atoms with Crippen LogP contribution >= 0.6 is 0 Å². The van der Waals surface area contributed by atoms with E-state index in [1.165, 1.54) is 19.2 Å².